The lowest BCUT2D eigenvalue weighted by molar-refractivity contribution is -0.170. The van der Waals surface area contributed by atoms with E-state index in [0.29, 0.717) is 0 Å². The first-order valence-corrected chi connectivity index (χ1v) is 19.6. The fourth-order valence-corrected chi connectivity index (χ4v) is 11.4. The van der Waals surface area contributed by atoms with Crippen LogP contribution in [0.4, 0.5) is 0 Å². The van der Waals surface area contributed by atoms with Crippen LogP contribution < -0.4 is 0 Å². The van der Waals surface area contributed by atoms with Crippen molar-refractivity contribution >= 4 is 5.78 Å². The third-order valence-corrected chi connectivity index (χ3v) is 14.2. The van der Waals surface area contributed by atoms with Gasteiger partial charge in [0.15, 0.2) is 0 Å². The van der Waals surface area contributed by atoms with Gasteiger partial charge in [-0.05, 0) is 119 Å². The molecule has 1 nitrogen and oxygen atoms in total. The Labute approximate surface area is 256 Å². The molecule has 0 saturated heterocycles. The number of hydrogen-bond donors (Lipinski definition) is 0. The summed E-state index contributed by atoms with van der Waals surface area (Å²) in [5.74, 6) is 6.68. The molecule has 236 valence electrons. The van der Waals surface area contributed by atoms with Gasteiger partial charge in [0.25, 0.3) is 0 Å². The second kappa shape index (κ2) is 15.6. The van der Waals surface area contributed by atoms with Gasteiger partial charge in [0.05, 0.1) is 0 Å². The Morgan fingerprint density at radius 3 is 1.15 bits per heavy atom. The Kier molecular flexibility index (Phi) is 12.2. The van der Waals surface area contributed by atoms with Crippen LogP contribution in [0.15, 0.2) is 0 Å². The normalized spacial score (nSPS) is 39.7. The quantitative estimate of drug-likeness (QED) is 0.191. The van der Waals surface area contributed by atoms with E-state index < -0.39 is 0 Å². The van der Waals surface area contributed by atoms with E-state index in [1.807, 2.05) is 0 Å². The third kappa shape index (κ3) is 8.04. The summed E-state index contributed by atoms with van der Waals surface area (Å²) in [6.07, 6.45) is 41.2. The van der Waals surface area contributed by atoms with Crippen LogP contribution in [0.25, 0.3) is 0 Å². The summed E-state index contributed by atoms with van der Waals surface area (Å²) in [7, 11) is 0. The molecule has 0 bridgehead atoms. The van der Waals surface area contributed by atoms with Gasteiger partial charge in [-0.1, -0.05) is 117 Å². The molecule has 5 fully saturated rings. The molecule has 0 radical (unpaired) electrons. The van der Waals surface area contributed by atoms with Gasteiger partial charge in [-0.2, -0.15) is 0 Å². The summed E-state index contributed by atoms with van der Waals surface area (Å²) in [6.45, 7) is 4.64. The minimum atomic E-state index is 0.133. The topological polar surface area (TPSA) is 17.1 Å². The van der Waals surface area contributed by atoms with Gasteiger partial charge in [0.1, 0.15) is 5.78 Å². The zero-order valence-corrected chi connectivity index (χ0v) is 27.9. The van der Waals surface area contributed by atoms with Crippen LogP contribution in [0.3, 0.4) is 0 Å². The highest BCUT2D eigenvalue weighted by Gasteiger charge is 2.63. The van der Waals surface area contributed by atoms with E-state index in [1.165, 1.54) is 186 Å². The number of rotatable bonds is 14. The van der Waals surface area contributed by atoms with Crippen molar-refractivity contribution in [2.45, 2.75) is 200 Å². The number of unbranched alkanes of at least 4 members (excludes halogenated alkanes) is 8. The summed E-state index contributed by atoms with van der Waals surface area (Å²) < 4.78 is 0. The van der Waals surface area contributed by atoms with Crippen LogP contribution in [-0.4, -0.2) is 5.78 Å². The predicted octanol–water partition coefficient (Wildman–Crippen LogP) is 12.6. The maximum Gasteiger partial charge on any atom is 0.145 e. The Hall–Kier alpha value is -0.330. The average molecular weight is 567 g/mol. The Morgan fingerprint density at radius 2 is 0.805 bits per heavy atom. The molecular weight excluding hydrogens is 496 g/mol. The largest absolute Gasteiger partial charge is 0.298 e. The van der Waals surface area contributed by atoms with Gasteiger partial charge in [-0.25, -0.2) is 0 Å². The first kappa shape index (κ1) is 32.1. The lowest BCUT2D eigenvalue weighted by atomic mass is 9.42. The van der Waals surface area contributed by atoms with E-state index in [0.717, 1.165) is 41.3 Å². The van der Waals surface area contributed by atoms with Crippen molar-refractivity contribution in [3.8, 4) is 0 Å². The molecule has 5 aliphatic rings. The maximum atomic E-state index is 13.9. The van der Waals surface area contributed by atoms with Crippen LogP contribution in [0.1, 0.15) is 200 Å². The van der Waals surface area contributed by atoms with Gasteiger partial charge in [0.2, 0.25) is 0 Å². The summed E-state index contributed by atoms with van der Waals surface area (Å²) in [6, 6.07) is 0. The molecule has 0 unspecified atom stereocenters. The molecule has 0 amide bonds. The molecule has 0 aromatic carbocycles. The molecule has 0 aromatic heterocycles. The highest BCUT2D eigenvalue weighted by molar-refractivity contribution is 5.96. The van der Waals surface area contributed by atoms with Crippen LogP contribution in [0.2, 0.25) is 0 Å². The fraction of sp³-hybridized carbons (Fsp3) is 0.975. The van der Waals surface area contributed by atoms with Crippen LogP contribution in [0.5, 0.6) is 0 Å². The van der Waals surface area contributed by atoms with E-state index in [1.54, 1.807) is 0 Å². The zero-order chi connectivity index (χ0) is 28.5. The molecule has 41 heavy (non-hydrogen) atoms. The van der Waals surface area contributed by atoms with Gasteiger partial charge in [0, 0.05) is 10.8 Å². The van der Waals surface area contributed by atoms with Crippen molar-refractivity contribution in [3.63, 3.8) is 0 Å². The molecule has 0 N–H and O–H groups in total. The number of Topliss-reactive ketones (excluding diaryl/α,β-unsaturated/α-hetero) is 1. The molecular formula is C40H70O. The molecule has 2 spiro atoms. The summed E-state index contributed by atoms with van der Waals surface area (Å²) in [5, 5.41) is 0. The predicted molar refractivity (Wildman–Crippen MR) is 176 cm³/mol. The van der Waals surface area contributed by atoms with Crippen LogP contribution in [-0.2, 0) is 4.79 Å². The van der Waals surface area contributed by atoms with Crippen molar-refractivity contribution in [1.29, 1.82) is 0 Å². The summed E-state index contributed by atoms with van der Waals surface area (Å²) in [4.78, 5) is 13.9. The molecule has 0 aromatic rings. The monoisotopic (exact) mass is 567 g/mol. The lowest BCUT2D eigenvalue weighted by Crippen LogP contribution is -2.60. The average Bonchev–Trinajstić information content (AvgIpc) is 3.02. The van der Waals surface area contributed by atoms with Gasteiger partial charge in [-0.15, -0.1) is 0 Å². The summed E-state index contributed by atoms with van der Waals surface area (Å²) in [5.41, 5.74) is 0.266. The minimum Gasteiger partial charge on any atom is -0.298 e. The Morgan fingerprint density at radius 1 is 0.463 bits per heavy atom. The van der Waals surface area contributed by atoms with E-state index in [9.17, 15) is 4.79 Å². The number of ketones is 1. The van der Waals surface area contributed by atoms with Gasteiger partial charge < -0.3 is 0 Å². The number of hydrogen-bond acceptors (Lipinski definition) is 1. The smallest absolute Gasteiger partial charge is 0.145 e. The van der Waals surface area contributed by atoms with Gasteiger partial charge in [-0.3, -0.25) is 4.79 Å². The molecule has 1 heteroatoms. The zero-order valence-electron chi connectivity index (χ0n) is 27.9. The number of carbonyl (C=O) groups excluding carboxylic acids is 1. The van der Waals surface area contributed by atoms with E-state index in [-0.39, 0.29) is 10.8 Å². The van der Waals surface area contributed by atoms with Crippen molar-refractivity contribution in [1.82, 2.24) is 0 Å². The second-order valence-corrected chi connectivity index (χ2v) is 16.7. The van der Waals surface area contributed by atoms with Crippen LogP contribution >= 0.6 is 0 Å². The van der Waals surface area contributed by atoms with Gasteiger partial charge >= 0.3 is 0 Å². The van der Waals surface area contributed by atoms with Crippen molar-refractivity contribution in [2.75, 3.05) is 0 Å². The highest BCUT2D eigenvalue weighted by atomic mass is 16.1. The van der Waals surface area contributed by atoms with Crippen molar-refractivity contribution in [3.05, 3.63) is 0 Å². The number of carbonyl (C=O) groups is 1. The minimum absolute atomic E-state index is 0.133. The lowest BCUT2D eigenvalue weighted by Gasteiger charge is -2.60. The Bertz CT molecular complexity index is 688. The van der Waals surface area contributed by atoms with Crippen molar-refractivity contribution in [2.24, 2.45) is 46.3 Å². The highest BCUT2D eigenvalue weighted by Crippen LogP contribution is 2.65. The first-order chi connectivity index (χ1) is 20.1. The van der Waals surface area contributed by atoms with Crippen LogP contribution in [0, 0.1) is 46.3 Å². The molecule has 5 aliphatic carbocycles. The molecule has 0 heterocycles. The van der Waals surface area contributed by atoms with E-state index in [2.05, 4.69) is 13.8 Å². The summed E-state index contributed by atoms with van der Waals surface area (Å²) >= 11 is 0. The Balaban J connectivity index is 0.962. The SMILES string of the molecule is CCCCCCC[C@H]1CC[C@H](C2CCC3(CC2)CC2(CCC([C@H]4CC[C@H](CCCCCCC)CC4)CC2)C3=O)CC1. The molecule has 0 aliphatic heterocycles. The third-order valence-electron chi connectivity index (χ3n) is 14.2. The van der Waals surface area contributed by atoms with Crippen molar-refractivity contribution < 1.29 is 4.79 Å². The maximum absolute atomic E-state index is 13.9. The molecule has 5 rings (SSSR count). The first-order valence-electron chi connectivity index (χ1n) is 19.6. The van der Waals surface area contributed by atoms with E-state index >= 15 is 0 Å². The standard InChI is InChI=1S/C40H70O/c1-3-5-7-9-11-13-32-15-19-34(20-16-32)36-23-27-39(28-24-36)31-40(38(39)41)29-25-37(26-30-40)35-21-17-33(18-22-35)14-12-10-8-6-4-2/h32-37H,3-31H2,1-2H3/t32-,33-,34-,35-,36?,37?,39?,40?. The molecule has 5 saturated carbocycles. The molecule has 0 atom stereocenters. The second-order valence-electron chi connectivity index (χ2n) is 16.7. The fourth-order valence-electron chi connectivity index (χ4n) is 11.4. The van der Waals surface area contributed by atoms with E-state index in [4.69, 9.17) is 0 Å².